The lowest BCUT2D eigenvalue weighted by Crippen LogP contribution is -2.08. The second-order valence-electron chi connectivity index (χ2n) is 4.19. The van der Waals surface area contributed by atoms with Crippen molar-refractivity contribution in [1.82, 2.24) is 0 Å². The van der Waals surface area contributed by atoms with Gasteiger partial charge in [-0.25, -0.2) is 9.18 Å². The standard InChI is InChI=1S/C14H8FNO3S2/c15-8-2-1-3-9-7(8)6-11(20-9)13(17)16-12-5-4-10(21-12)14(18)19/h1-6H,(H,16,17)(H,18,19). The Labute approximate surface area is 126 Å². The first-order valence-corrected chi connectivity index (χ1v) is 7.50. The van der Waals surface area contributed by atoms with Crippen molar-refractivity contribution in [3.05, 3.63) is 52.0 Å². The highest BCUT2D eigenvalue weighted by Crippen LogP contribution is 2.29. The molecule has 3 aromatic rings. The Kier molecular flexibility index (Phi) is 3.44. The van der Waals surface area contributed by atoms with E-state index in [0.717, 1.165) is 11.3 Å². The second kappa shape index (κ2) is 5.27. The van der Waals surface area contributed by atoms with Crippen LogP contribution in [0.25, 0.3) is 10.1 Å². The van der Waals surface area contributed by atoms with Gasteiger partial charge in [-0.3, -0.25) is 4.79 Å². The highest BCUT2D eigenvalue weighted by molar-refractivity contribution is 7.21. The number of hydrogen-bond acceptors (Lipinski definition) is 4. The van der Waals surface area contributed by atoms with Gasteiger partial charge in [-0.05, 0) is 30.3 Å². The third kappa shape index (κ3) is 2.65. The first kappa shape index (κ1) is 13.7. The minimum Gasteiger partial charge on any atom is -0.477 e. The van der Waals surface area contributed by atoms with Crippen LogP contribution in [-0.2, 0) is 0 Å². The van der Waals surface area contributed by atoms with E-state index < -0.39 is 5.97 Å². The molecule has 0 atom stereocenters. The minimum atomic E-state index is -1.04. The summed E-state index contributed by atoms with van der Waals surface area (Å²) in [4.78, 5) is 23.4. The van der Waals surface area contributed by atoms with E-state index in [4.69, 9.17) is 5.11 Å². The molecule has 0 unspecified atom stereocenters. The van der Waals surface area contributed by atoms with Crippen LogP contribution in [0.2, 0.25) is 0 Å². The van der Waals surface area contributed by atoms with Gasteiger partial charge in [-0.2, -0.15) is 0 Å². The lowest BCUT2D eigenvalue weighted by molar-refractivity contribution is 0.0702. The number of carboxylic acids is 1. The van der Waals surface area contributed by atoms with Gasteiger partial charge in [0.15, 0.2) is 0 Å². The van der Waals surface area contributed by atoms with Gasteiger partial charge in [0.25, 0.3) is 5.91 Å². The SMILES string of the molecule is O=C(O)c1ccc(NC(=O)c2cc3c(F)cccc3s2)s1. The molecule has 0 bridgehead atoms. The van der Waals surface area contributed by atoms with Crippen molar-refractivity contribution in [1.29, 1.82) is 0 Å². The third-order valence-corrected chi connectivity index (χ3v) is 4.87. The van der Waals surface area contributed by atoms with Crippen LogP contribution in [0.1, 0.15) is 19.3 Å². The number of carboxylic acid groups (broad SMARTS) is 1. The molecule has 0 saturated carbocycles. The highest BCUT2D eigenvalue weighted by atomic mass is 32.1. The van der Waals surface area contributed by atoms with Gasteiger partial charge in [0.2, 0.25) is 0 Å². The number of nitrogens with one attached hydrogen (secondary N) is 1. The molecular weight excluding hydrogens is 313 g/mol. The molecule has 21 heavy (non-hydrogen) atoms. The van der Waals surface area contributed by atoms with E-state index in [1.807, 2.05) is 0 Å². The van der Waals surface area contributed by atoms with Crippen LogP contribution >= 0.6 is 22.7 Å². The van der Waals surface area contributed by atoms with Crippen LogP contribution < -0.4 is 5.32 Å². The molecule has 4 nitrogen and oxygen atoms in total. The summed E-state index contributed by atoms with van der Waals surface area (Å²) in [6.45, 7) is 0. The van der Waals surface area contributed by atoms with Crippen LogP contribution in [0.5, 0.6) is 0 Å². The molecule has 0 saturated heterocycles. The fourth-order valence-electron chi connectivity index (χ4n) is 1.83. The molecule has 2 aromatic heterocycles. The zero-order chi connectivity index (χ0) is 15.0. The van der Waals surface area contributed by atoms with Gasteiger partial charge in [-0.1, -0.05) is 6.07 Å². The van der Waals surface area contributed by atoms with Crippen molar-refractivity contribution in [2.75, 3.05) is 5.32 Å². The van der Waals surface area contributed by atoms with E-state index in [-0.39, 0.29) is 16.6 Å². The number of rotatable bonds is 3. The average Bonchev–Trinajstić information content (AvgIpc) is 3.05. The summed E-state index contributed by atoms with van der Waals surface area (Å²) in [7, 11) is 0. The maximum absolute atomic E-state index is 13.6. The number of amides is 1. The van der Waals surface area contributed by atoms with E-state index in [1.54, 1.807) is 12.1 Å². The maximum atomic E-state index is 13.6. The molecule has 1 amide bonds. The highest BCUT2D eigenvalue weighted by Gasteiger charge is 2.14. The van der Waals surface area contributed by atoms with Crippen LogP contribution in [0.3, 0.4) is 0 Å². The monoisotopic (exact) mass is 321 g/mol. The predicted molar refractivity (Wildman–Crippen MR) is 81.0 cm³/mol. The number of benzene rings is 1. The number of thiophene rings is 2. The Morgan fingerprint density at radius 2 is 1.90 bits per heavy atom. The number of halogens is 1. The summed E-state index contributed by atoms with van der Waals surface area (Å²) in [6, 6.07) is 9.13. The quantitative estimate of drug-likeness (QED) is 0.764. The lowest BCUT2D eigenvalue weighted by Gasteiger charge is -1.98. The Morgan fingerprint density at radius 3 is 2.57 bits per heavy atom. The first-order chi connectivity index (χ1) is 10.0. The van der Waals surface area contributed by atoms with Gasteiger partial charge in [0.05, 0.1) is 9.88 Å². The van der Waals surface area contributed by atoms with E-state index >= 15 is 0 Å². The molecule has 7 heteroatoms. The third-order valence-electron chi connectivity index (χ3n) is 2.79. The molecule has 0 aliphatic carbocycles. The number of aromatic carboxylic acids is 1. The normalized spacial score (nSPS) is 10.7. The largest absolute Gasteiger partial charge is 0.477 e. The van der Waals surface area contributed by atoms with Crippen molar-refractivity contribution >= 4 is 49.6 Å². The van der Waals surface area contributed by atoms with Gasteiger partial charge >= 0.3 is 5.97 Å². The van der Waals surface area contributed by atoms with Crippen molar-refractivity contribution in [2.45, 2.75) is 0 Å². The summed E-state index contributed by atoms with van der Waals surface area (Å²) in [5, 5.41) is 12.3. The van der Waals surface area contributed by atoms with Crippen LogP contribution in [-0.4, -0.2) is 17.0 Å². The Morgan fingerprint density at radius 1 is 1.10 bits per heavy atom. The van der Waals surface area contributed by atoms with E-state index in [2.05, 4.69) is 5.32 Å². The van der Waals surface area contributed by atoms with Crippen molar-refractivity contribution < 1.29 is 19.1 Å². The predicted octanol–water partition coefficient (Wildman–Crippen LogP) is 4.05. The molecule has 0 spiro atoms. The molecule has 3 rings (SSSR count). The molecular formula is C14H8FNO3S2. The van der Waals surface area contributed by atoms with Gasteiger partial charge in [-0.15, -0.1) is 22.7 Å². The lowest BCUT2D eigenvalue weighted by atomic mass is 10.2. The second-order valence-corrected chi connectivity index (χ2v) is 6.35. The topological polar surface area (TPSA) is 66.4 Å². The number of carbonyl (C=O) groups is 2. The fourth-order valence-corrected chi connectivity index (χ4v) is 3.54. The Bertz CT molecular complexity index is 853. The number of carbonyl (C=O) groups excluding carboxylic acids is 1. The summed E-state index contributed by atoms with van der Waals surface area (Å²) in [5.74, 6) is -1.79. The number of hydrogen-bond donors (Lipinski definition) is 2. The van der Waals surface area contributed by atoms with Crippen molar-refractivity contribution in [2.24, 2.45) is 0 Å². The summed E-state index contributed by atoms with van der Waals surface area (Å²) in [6.07, 6.45) is 0. The zero-order valence-corrected chi connectivity index (χ0v) is 12.1. The van der Waals surface area contributed by atoms with Gasteiger partial charge < -0.3 is 10.4 Å². The molecule has 0 radical (unpaired) electrons. The molecule has 106 valence electrons. The van der Waals surface area contributed by atoms with E-state index in [1.165, 1.54) is 35.6 Å². The zero-order valence-electron chi connectivity index (χ0n) is 10.4. The first-order valence-electron chi connectivity index (χ1n) is 5.87. The summed E-state index contributed by atoms with van der Waals surface area (Å²) >= 11 is 2.16. The smallest absolute Gasteiger partial charge is 0.345 e. The van der Waals surface area contributed by atoms with E-state index in [0.29, 0.717) is 20.0 Å². The number of anilines is 1. The fraction of sp³-hybridized carbons (Fsp3) is 0. The summed E-state index contributed by atoms with van der Waals surface area (Å²) < 4.78 is 14.3. The van der Waals surface area contributed by atoms with E-state index in [9.17, 15) is 14.0 Å². The molecule has 0 fully saturated rings. The maximum Gasteiger partial charge on any atom is 0.345 e. The minimum absolute atomic E-state index is 0.146. The molecule has 0 aliphatic rings. The van der Waals surface area contributed by atoms with Gasteiger partial charge in [0.1, 0.15) is 10.7 Å². The molecule has 2 N–H and O–H groups in total. The van der Waals surface area contributed by atoms with Crippen LogP contribution in [0.4, 0.5) is 9.39 Å². The average molecular weight is 321 g/mol. The Hall–Kier alpha value is -2.25. The van der Waals surface area contributed by atoms with Crippen molar-refractivity contribution in [3.63, 3.8) is 0 Å². The Balaban J connectivity index is 1.86. The van der Waals surface area contributed by atoms with Crippen LogP contribution in [0.15, 0.2) is 36.4 Å². The molecule has 2 heterocycles. The number of fused-ring (bicyclic) bond motifs is 1. The van der Waals surface area contributed by atoms with Crippen LogP contribution in [0, 0.1) is 5.82 Å². The molecule has 0 aliphatic heterocycles. The summed E-state index contributed by atoms with van der Waals surface area (Å²) in [5.41, 5.74) is 0. The van der Waals surface area contributed by atoms with Gasteiger partial charge in [0, 0.05) is 10.1 Å². The molecule has 1 aromatic carbocycles. The van der Waals surface area contributed by atoms with Crippen molar-refractivity contribution in [3.8, 4) is 0 Å².